The first-order chi connectivity index (χ1) is 18.3. The van der Waals surface area contributed by atoms with E-state index in [9.17, 15) is 30.3 Å². The molecular weight excluding hydrogens is 498 g/mol. The molecule has 3 saturated carbocycles. The number of hydrogen-bond acceptors (Lipinski definition) is 8. The molecule has 0 amide bonds. The number of carbonyl (C=O) groups is 1. The summed E-state index contributed by atoms with van der Waals surface area (Å²) in [5.41, 5.74) is -2.99. The molecule has 0 spiro atoms. The lowest BCUT2D eigenvalue weighted by Gasteiger charge is -2.60. The van der Waals surface area contributed by atoms with Crippen molar-refractivity contribution < 1.29 is 35.1 Å². The Morgan fingerprint density at radius 2 is 1.90 bits per heavy atom. The molecule has 8 heteroatoms. The number of ketones is 1. The molecule has 1 saturated heterocycles. The molecule has 0 bridgehead atoms. The summed E-state index contributed by atoms with van der Waals surface area (Å²) in [4.78, 5) is 13.4. The van der Waals surface area contributed by atoms with Crippen LogP contribution in [0.25, 0.3) is 0 Å². The van der Waals surface area contributed by atoms with Crippen molar-refractivity contribution >= 4 is 5.78 Å². The number of fused-ring (bicyclic) bond motifs is 5. The molecule has 0 aromatic carbocycles. The fourth-order valence-corrected chi connectivity index (χ4v) is 10.1. The Morgan fingerprint density at radius 3 is 2.56 bits per heavy atom. The predicted octanol–water partition coefficient (Wildman–Crippen LogP) is 1.95. The average Bonchev–Trinajstić information content (AvgIpc) is 3.36. The molecule has 4 fully saturated rings. The number of rotatable bonds is 7. The number of ether oxygens (including phenoxy) is 1. The summed E-state index contributed by atoms with van der Waals surface area (Å²) in [6, 6.07) is 0. The van der Waals surface area contributed by atoms with Gasteiger partial charge in [-0.25, -0.2) is 0 Å². The van der Waals surface area contributed by atoms with E-state index in [1.165, 1.54) is 0 Å². The van der Waals surface area contributed by atoms with Gasteiger partial charge >= 0.3 is 0 Å². The van der Waals surface area contributed by atoms with Crippen LogP contribution in [-0.4, -0.2) is 87.1 Å². The van der Waals surface area contributed by atoms with E-state index in [0.717, 1.165) is 31.4 Å². The van der Waals surface area contributed by atoms with Crippen LogP contribution in [-0.2, 0) is 9.53 Å². The highest BCUT2D eigenvalue weighted by atomic mass is 16.5. The minimum Gasteiger partial charge on any atom is -0.394 e. The fourth-order valence-electron chi connectivity index (χ4n) is 10.1. The van der Waals surface area contributed by atoms with Gasteiger partial charge in [0.15, 0.2) is 5.78 Å². The van der Waals surface area contributed by atoms with Crippen LogP contribution in [0.3, 0.4) is 0 Å². The van der Waals surface area contributed by atoms with Crippen LogP contribution < -0.4 is 5.32 Å². The van der Waals surface area contributed by atoms with Crippen molar-refractivity contribution in [3.05, 3.63) is 11.6 Å². The van der Waals surface area contributed by atoms with Crippen molar-refractivity contribution in [3.63, 3.8) is 0 Å². The Hall–Kier alpha value is -0.870. The summed E-state index contributed by atoms with van der Waals surface area (Å²) >= 11 is 0. The highest BCUT2D eigenvalue weighted by molar-refractivity contribution is 5.95. The van der Waals surface area contributed by atoms with Gasteiger partial charge in [-0.2, -0.15) is 0 Å². The van der Waals surface area contributed by atoms with Crippen LogP contribution in [0.2, 0.25) is 0 Å². The third-order valence-corrected chi connectivity index (χ3v) is 12.6. The van der Waals surface area contributed by atoms with E-state index in [4.69, 9.17) is 4.74 Å². The minimum absolute atomic E-state index is 0.00573. The standard InChI is InChI=1S/C31H51NO7/c1-17-19(9-13-32-5)26(39-24(17)16-33)27(36)30(4,37)25-8-12-31(38)21-15-23(35)22-14-18(34)6-10-28(22,2)20(21)7-11-29(25,31)3/h15,17-20,22,24-27,32-34,36-38H,6-14,16H2,1-5H3/t17-,18+,19-,20+,22+,24+,25+,26+,27-,28-,29-,30+,31-/m1/s1. The van der Waals surface area contributed by atoms with Gasteiger partial charge in [-0.15, -0.1) is 0 Å². The van der Waals surface area contributed by atoms with Crippen LogP contribution in [0.5, 0.6) is 0 Å². The van der Waals surface area contributed by atoms with Crippen molar-refractivity contribution in [2.75, 3.05) is 20.2 Å². The maximum absolute atomic E-state index is 13.4. The smallest absolute Gasteiger partial charge is 0.159 e. The summed E-state index contributed by atoms with van der Waals surface area (Å²) in [6.07, 6.45) is 4.14. The molecule has 8 nitrogen and oxygen atoms in total. The molecule has 222 valence electrons. The van der Waals surface area contributed by atoms with Crippen LogP contribution in [0.15, 0.2) is 11.6 Å². The van der Waals surface area contributed by atoms with Gasteiger partial charge in [0.05, 0.1) is 36.1 Å². The zero-order valence-electron chi connectivity index (χ0n) is 24.4. The van der Waals surface area contributed by atoms with Crippen molar-refractivity contribution in [1.82, 2.24) is 5.32 Å². The Kier molecular flexibility index (Phi) is 7.70. The number of aliphatic hydroxyl groups is 5. The highest BCUT2D eigenvalue weighted by Gasteiger charge is 2.69. The third kappa shape index (κ3) is 4.23. The van der Waals surface area contributed by atoms with E-state index in [1.807, 2.05) is 20.9 Å². The molecule has 1 aliphatic heterocycles. The third-order valence-electron chi connectivity index (χ3n) is 12.6. The molecule has 39 heavy (non-hydrogen) atoms. The Labute approximate surface area is 233 Å². The van der Waals surface area contributed by atoms with Gasteiger partial charge in [-0.05, 0) is 113 Å². The second kappa shape index (κ2) is 10.1. The highest BCUT2D eigenvalue weighted by Crippen LogP contribution is 2.68. The fraction of sp³-hybridized carbons (Fsp3) is 0.903. The van der Waals surface area contributed by atoms with Crippen LogP contribution in [0.4, 0.5) is 0 Å². The van der Waals surface area contributed by atoms with Crippen LogP contribution in [0.1, 0.15) is 79.1 Å². The first-order valence-electron chi connectivity index (χ1n) is 15.2. The minimum atomic E-state index is -1.54. The van der Waals surface area contributed by atoms with E-state index in [0.29, 0.717) is 32.1 Å². The quantitative estimate of drug-likeness (QED) is 0.283. The molecular formula is C31H51NO7. The van der Waals surface area contributed by atoms with Crippen LogP contribution in [0, 0.1) is 40.4 Å². The first kappa shape index (κ1) is 29.6. The predicted molar refractivity (Wildman–Crippen MR) is 147 cm³/mol. The summed E-state index contributed by atoms with van der Waals surface area (Å²) in [5, 5.41) is 59.7. The zero-order valence-corrected chi connectivity index (χ0v) is 24.4. The number of aliphatic hydroxyl groups excluding tert-OH is 3. The molecule has 5 rings (SSSR count). The van der Waals surface area contributed by atoms with Gasteiger partial charge in [-0.1, -0.05) is 20.8 Å². The lowest BCUT2D eigenvalue weighted by Crippen LogP contribution is -2.63. The van der Waals surface area contributed by atoms with Crippen molar-refractivity contribution in [1.29, 1.82) is 0 Å². The van der Waals surface area contributed by atoms with E-state index >= 15 is 0 Å². The number of hydrogen-bond donors (Lipinski definition) is 6. The van der Waals surface area contributed by atoms with Gasteiger partial charge in [0.2, 0.25) is 0 Å². The maximum atomic E-state index is 13.4. The van der Waals surface area contributed by atoms with Crippen molar-refractivity contribution in [3.8, 4) is 0 Å². The van der Waals surface area contributed by atoms with E-state index < -0.39 is 47.0 Å². The Morgan fingerprint density at radius 1 is 1.18 bits per heavy atom. The maximum Gasteiger partial charge on any atom is 0.159 e. The van der Waals surface area contributed by atoms with Gasteiger partial charge in [0.1, 0.15) is 6.10 Å². The lowest BCUT2D eigenvalue weighted by atomic mass is 9.46. The SMILES string of the molecule is CNCC[C@@H]1[C@@H](C)[C@H](CO)O[C@@H]1[C@@H](O)[C@@](C)(O)[C@H]1CC[C@@]2(O)C3=CC(=O)[C@@H]4C[C@@H](O)CC[C@]4(C)[C@H]3CC[C@]12C. The monoisotopic (exact) mass is 549 g/mol. The average molecular weight is 550 g/mol. The Bertz CT molecular complexity index is 984. The first-order valence-corrected chi connectivity index (χ1v) is 15.2. The Balaban J connectivity index is 1.45. The lowest BCUT2D eigenvalue weighted by molar-refractivity contribution is -0.198. The van der Waals surface area contributed by atoms with Gasteiger partial charge in [0.25, 0.3) is 0 Å². The van der Waals surface area contributed by atoms with Gasteiger partial charge in [0, 0.05) is 11.3 Å². The van der Waals surface area contributed by atoms with E-state index in [-0.39, 0.29) is 41.5 Å². The molecule has 6 N–H and O–H groups in total. The van der Waals surface area contributed by atoms with Crippen molar-refractivity contribution in [2.45, 2.75) is 115 Å². The summed E-state index contributed by atoms with van der Waals surface area (Å²) < 4.78 is 6.19. The molecule has 13 atom stereocenters. The van der Waals surface area contributed by atoms with Crippen molar-refractivity contribution in [2.24, 2.45) is 40.4 Å². The van der Waals surface area contributed by atoms with Gasteiger partial charge in [-0.3, -0.25) is 4.79 Å². The molecule has 0 unspecified atom stereocenters. The molecule has 0 aromatic rings. The second-order valence-corrected chi connectivity index (χ2v) is 14.4. The zero-order chi connectivity index (χ0) is 28.5. The molecule has 0 radical (unpaired) electrons. The number of allylic oxidation sites excluding steroid dienone is 1. The van der Waals surface area contributed by atoms with E-state index in [1.54, 1.807) is 13.0 Å². The molecule has 0 aromatic heterocycles. The summed E-state index contributed by atoms with van der Waals surface area (Å²) in [5.74, 6) is -0.553. The number of carbonyl (C=O) groups excluding carboxylic acids is 1. The normalized spacial score (nSPS) is 50.0. The summed E-state index contributed by atoms with van der Waals surface area (Å²) in [6.45, 7) is 8.51. The molecule has 1 heterocycles. The molecule has 4 aliphatic carbocycles. The summed E-state index contributed by atoms with van der Waals surface area (Å²) in [7, 11) is 1.88. The number of nitrogens with one attached hydrogen (secondary N) is 1. The van der Waals surface area contributed by atoms with E-state index in [2.05, 4.69) is 12.2 Å². The van der Waals surface area contributed by atoms with Crippen LogP contribution >= 0.6 is 0 Å². The largest absolute Gasteiger partial charge is 0.394 e. The van der Waals surface area contributed by atoms with Gasteiger partial charge < -0.3 is 35.6 Å². The second-order valence-electron chi connectivity index (χ2n) is 14.4. The molecule has 5 aliphatic rings. The topological polar surface area (TPSA) is 139 Å².